The van der Waals surface area contributed by atoms with Crippen LogP contribution >= 0.6 is 11.3 Å². The molecule has 1 aromatic carbocycles. The molecular weight excluding hydrogens is 518 g/mol. The van der Waals surface area contributed by atoms with Crippen LogP contribution < -0.4 is 15.4 Å². The number of methoxy groups -OCH3 is 1. The molecule has 4 aliphatic rings. The highest BCUT2D eigenvalue weighted by Crippen LogP contribution is 2.55. The van der Waals surface area contributed by atoms with Gasteiger partial charge in [0.15, 0.2) is 5.82 Å². The van der Waals surface area contributed by atoms with E-state index >= 15 is 0 Å². The number of imidazole rings is 1. The van der Waals surface area contributed by atoms with Gasteiger partial charge in [-0.3, -0.25) is 4.79 Å². The van der Waals surface area contributed by atoms with E-state index in [2.05, 4.69) is 38.3 Å². The van der Waals surface area contributed by atoms with Crippen LogP contribution in [0.1, 0.15) is 73.2 Å². The quantitative estimate of drug-likeness (QED) is 0.262. The molecule has 40 heavy (non-hydrogen) atoms. The smallest absolute Gasteiger partial charge is 0.251 e. The van der Waals surface area contributed by atoms with Gasteiger partial charge in [0.25, 0.3) is 5.91 Å². The molecule has 8 heteroatoms. The Hall–Kier alpha value is -2.84. The number of hydrogen-bond donors (Lipinski definition) is 2. The molecule has 7 nitrogen and oxygen atoms in total. The van der Waals surface area contributed by atoms with E-state index in [1.807, 2.05) is 23.5 Å². The van der Waals surface area contributed by atoms with Crippen molar-refractivity contribution in [3.63, 3.8) is 0 Å². The number of rotatable bonds is 9. The van der Waals surface area contributed by atoms with E-state index in [-0.39, 0.29) is 5.91 Å². The summed E-state index contributed by atoms with van der Waals surface area (Å²) in [6.07, 6.45) is 10.2. The van der Waals surface area contributed by atoms with E-state index in [9.17, 15) is 4.79 Å². The first-order chi connectivity index (χ1) is 19.5. The van der Waals surface area contributed by atoms with Crippen molar-refractivity contribution in [2.75, 3.05) is 26.7 Å². The van der Waals surface area contributed by atoms with E-state index in [0.717, 1.165) is 48.2 Å². The number of amides is 1. The largest absolute Gasteiger partial charge is 0.494 e. The van der Waals surface area contributed by atoms with Gasteiger partial charge in [-0.2, -0.15) is 0 Å². The van der Waals surface area contributed by atoms with Crippen molar-refractivity contribution in [3.8, 4) is 17.3 Å². The van der Waals surface area contributed by atoms with Crippen LogP contribution in [0.25, 0.3) is 32.8 Å². The van der Waals surface area contributed by atoms with Crippen molar-refractivity contribution in [1.29, 1.82) is 0 Å². The Balaban J connectivity index is 1.16. The molecule has 1 aliphatic heterocycles. The SMILES string of the molecule is COc1cc(C(=O)NCCC2CCC2)cc2nc(-c3cc4scc(C5CC6(CNC6)C5)c4n3CC3CC3)n(C)c12. The van der Waals surface area contributed by atoms with Crippen LogP contribution in [0, 0.1) is 17.3 Å². The second-order valence-corrected chi connectivity index (χ2v) is 14.0. The zero-order valence-corrected chi connectivity index (χ0v) is 24.4. The van der Waals surface area contributed by atoms with Crippen molar-refractivity contribution in [2.24, 2.45) is 24.3 Å². The molecule has 0 radical (unpaired) electrons. The minimum absolute atomic E-state index is 0.0473. The summed E-state index contributed by atoms with van der Waals surface area (Å²) in [6.45, 7) is 4.15. The third-order valence-electron chi connectivity index (χ3n) is 10.3. The topological polar surface area (TPSA) is 73.1 Å². The molecular formula is C32H39N5O2S. The fraction of sp³-hybridized carbons (Fsp3) is 0.562. The monoisotopic (exact) mass is 557 g/mol. The molecule has 1 spiro atoms. The average molecular weight is 558 g/mol. The summed E-state index contributed by atoms with van der Waals surface area (Å²) in [6, 6.07) is 6.16. The Kier molecular flexibility index (Phi) is 5.82. The van der Waals surface area contributed by atoms with Crippen LogP contribution in [0.2, 0.25) is 0 Å². The van der Waals surface area contributed by atoms with Gasteiger partial charge in [-0.1, -0.05) is 19.3 Å². The second kappa shape index (κ2) is 9.35. The third kappa shape index (κ3) is 4.01. The van der Waals surface area contributed by atoms with Gasteiger partial charge in [-0.05, 0) is 84.4 Å². The van der Waals surface area contributed by atoms with Crippen LogP contribution in [0.3, 0.4) is 0 Å². The van der Waals surface area contributed by atoms with E-state index in [4.69, 9.17) is 9.72 Å². The highest BCUT2D eigenvalue weighted by Gasteiger charge is 2.49. The lowest BCUT2D eigenvalue weighted by Gasteiger charge is -2.54. The zero-order valence-electron chi connectivity index (χ0n) is 23.6. The van der Waals surface area contributed by atoms with Gasteiger partial charge in [0, 0.05) is 38.8 Å². The van der Waals surface area contributed by atoms with Crippen molar-refractivity contribution in [2.45, 2.75) is 63.8 Å². The first kappa shape index (κ1) is 24.9. The summed E-state index contributed by atoms with van der Waals surface area (Å²) >= 11 is 1.89. The van der Waals surface area contributed by atoms with E-state index < -0.39 is 0 Å². The number of carbonyl (C=O) groups is 1. The molecule has 2 N–H and O–H groups in total. The number of carbonyl (C=O) groups excluding carboxylic acids is 1. The molecule has 0 atom stereocenters. The molecule has 4 fully saturated rings. The van der Waals surface area contributed by atoms with Gasteiger partial charge in [-0.25, -0.2) is 4.98 Å². The van der Waals surface area contributed by atoms with Gasteiger partial charge >= 0.3 is 0 Å². The molecule has 3 aromatic heterocycles. The third-order valence-corrected chi connectivity index (χ3v) is 11.2. The minimum atomic E-state index is -0.0473. The molecule has 3 saturated carbocycles. The number of nitrogens with zero attached hydrogens (tertiary/aromatic N) is 3. The predicted molar refractivity (Wildman–Crippen MR) is 160 cm³/mol. The number of aromatic nitrogens is 3. The Bertz CT molecular complexity index is 1610. The maximum absolute atomic E-state index is 13.1. The minimum Gasteiger partial charge on any atom is -0.494 e. The maximum atomic E-state index is 13.1. The Morgan fingerprint density at radius 1 is 1.15 bits per heavy atom. The summed E-state index contributed by atoms with van der Waals surface area (Å²) in [5.41, 5.74) is 7.08. The summed E-state index contributed by atoms with van der Waals surface area (Å²) in [5.74, 6) is 3.79. The number of aryl methyl sites for hydroxylation is 1. The number of fused-ring (bicyclic) bond motifs is 2. The Morgan fingerprint density at radius 2 is 1.98 bits per heavy atom. The normalized spacial score (nSPS) is 20.6. The summed E-state index contributed by atoms with van der Waals surface area (Å²) in [5, 5.41) is 9.04. The molecule has 8 rings (SSSR count). The lowest BCUT2D eigenvalue weighted by atomic mass is 9.57. The van der Waals surface area contributed by atoms with Crippen molar-refractivity contribution in [3.05, 3.63) is 34.7 Å². The number of ether oxygens (including phenoxy) is 1. The van der Waals surface area contributed by atoms with E-state index in [1.165, 1.54) is 73.9 Å². The summed E-state index contributed by atoms with van der Waals surface area (Å²) in [7, 11) is 3.76. The second-order valence-electron chi connectivity index (χ2n) is 13.1. The molecule has 4 aromatic rings. The van der Waals surface area contributed by atoms with Crippen molar-refractivity contribution >= 4 is 38.5 Å². The summed E-state index contributed by atoms with van der Waals surface area (Å²) in [4.78, 5) is 18.2. The van der Waals surface area contributed by atoms with Crippen LogP contribution in [0.4, 0.5) is 0 Å². The standard InChI is InChI=1S/C32H39N5O2S/c1-36-29-24(10-21(11-26(29)39-2)31(38)34-9-8-19-4-3-5-19)35-30(36)25-12-27-28(37(25)15-20-6-7-20)23(16-40-27)22-13-32(14-22)17-33-18-32/h10-12,16,19-20,22,33H,3-9,13-15,17-18H2,1-2H3,(H,34,38). The lowest BCUT2D eigenvalue weighted by molar-refractivity contribution is 0.0368. The Labute approximate surface area is 239 Å². The molecule has 1 amide bonds. The first-order valence-corrected chi connectivity index (χ1v) is 16.0. The van der Waals surface area contributed by atoms with Crippen LogP contribution in [-0.4, -0.2) is 46.8 Å². The Morgan fingerprint density at radius 3 is 2.65 bits per heavy atom. The fourth-order valence-electron chi connectivity index (χ4n) is 7.39. The molecule has 0 bridgehead atoms. The number of benzene rings is 1. The zero-order chi connectivity index (χ0) is 27.0. The highest BCUT2D eigenvalue weighted by molar-refractivity contribution is 7.17. The number of hydrogen-bond acceptors (Lipinski definition) is 5. The average Bonchev–Trinajstić information content (AvgIpc) is 3.37. The molecule has 1 saturated heterocycles. The van der Waals surface area contributed by atoms with Gasteiger partial charge in [0.05, 0.1) is 28.5 Å². The van der Waals surface area contributed by atoms with Gasteiger partial charge in [-0.15, -0.1) is 11.3 Å². The van der Waals surface area contributed by atoms with Crippen LogP contribution in [0.15, 0.2) is 23.6 Å². The van der Waals surface area contributed by atoms with Gasteiger partial charge in [0.1, 0.15) is 11.3 Å². The van der Waals surface area contributed by atoms with Gasteiger partial charge in [0.2, 0.25) is 0 Å². The molecule has 0 unspecified atom stereocenters. The fourth-order valence-corrected chi connectivity index (χ4v) is 8.47. The van der Waals surface area contributed by atoms with E-state index in [0.29, 0.717) is 22.6 Å². The highest BCUT2D eigenvalue weighted by atomic mass is 32.1. The van der Waals surface area contributed by atoms with Crippen molar-refractivity contribution in [1.82, 2.24) is 24.8 Å². The first-order valence-electron chi connectivity index (χ1n) is 15.2. The lowest BCUT2D eigenvalue weighted by Crippen LogP contribution is -2.59. The van der Waals surface area contributed by atoms with Crippen molar-refractivity contribution < 1.29 is 9.53 Å². The predicted octanol–water partition coefficient (Wildman–Crippen LogP) is 6.06. The number of thiophene rings is 1. The number of nitrogens with one attached hydrogen (secondary N) is 2. The van der Waals surface area contributed by atoms with Crippen LogP contribution in [0.5, 0.6) is 5.75 Å². The molecule has 210 valence electrons. The van der Waals surface area contributed by atoms with Crippen LogP contribution in [-0.2, 0) is 13.6 Å². The summed E-state index contributed by atoms with van der Waals surface area (Å²) < 4.78 is 11.9. The van der Waals surface area contributed by atoms with Gasteiger partial charge < -0.3 is 24.5 Å². The molecule has 4 heterocycles. The molecule has 3 aliphatic carbocycles. The maximum Gasteiger partial charge on any atom is 0.251 e. The van der Waals surface area contributed by atoms with E-state index in [1.54, 1.807) is 12.7 Å².